The maximum Gasteiger partial charge on any atom is 0.190 e. The lowest BCUT2D eigenvalue weighted by molar-refractivity contribution is 0.181. The van der Waals surface area contributed by atoms with E-state index in [0.29, 0.717) is 13.2 Å². The molecule has 0 aliphatic carbocycles. The second-order valence-corrected chi connectivity index (χ2v) is 5.15. The van der Waals surface area contributed by atoms with E-state index in [1.165, 1.54) is 0 Å². The lowest BCUT2D eigenvalue weighted by Crippen LogP contribution is -2.15. The lowest BCUT2D eigenvalue weighted by atomic mass is 10.3. The third kappa shape index (κ3) is 3.12. The van der Waals surface area contributed by atoms with Gasteiger partial charge in [-0.2, -0.15) is 0 Å². The minimum Gasteiger partial charge on any atom is -0.378 e. The second kappa shape index (κ2) is 6.65. The van der Waals surface area contributed by atoms with Gasteiger partial charge in [-0.25, -0.2) is 4.98 Å². The summed E-state index contributed by atoms with van der Waals surface area (Å²) in [6.07, 6.45) is 0. The van der Waals surface area contributed by atoms with Crippen molar-refractivity contribution < 1.29 is 4.74 Å². The number of benzene rings is 1. The molecule has 1 heterocycles. The molecule has 5 heteroatoms. The van der Waals surface area contributed by atoms with Crippen LogP contribution in [0.4, 0.5) is 10.8 Å². The van der Waals surface area contributed by atoms with E-state index in [4.69, 9.17) is 10.5 Å². The van der Waals surface area contributed by atoms with Crippen LogP contribution >= 0.6 is 11.3 Å². The fourth-order valence-corrected chi connectivity index (χ4v) is 2.96. The van der Waals surface area contributed by atoms with Crippen LogP contribution in [0.5, 0.6) is 0 Å². The molecule has 0 aliphatic rings. The van der Waals surface area contributed by atoms with Gasteiger partial charge in [0.25, 0.3) is 0 Å². The number of methoxy groups -OCH3 is 1. The Balaban J connectivity index is 2.33. The van der Waals surface area contributed by atoms with E-state index in [1.54, 1.807) is 18.4 Å². The Bertz CT molecular complexity index is 513. The van der Waals surface area contributed by atoms with Crippen LogP contribution < -0.4 is 10.6 Å². The van der Waals surface area contributed by atoms with Crippen molar-refractivity contribution in [2.45, 2.75) is 20.1 Å². The number of anilines is 2. The first kappa shape index (κ1) is 14.0. The fourth-order valence-electron chi connectivity index (χ4n) is 1.93. The maximum absolute atomic E-state index is 5.77. The van der Waals surface area contributed by atoms with Crippen LogP contribution in [-0.4, -0.2) is 18.6 Å². The SMILES string of the molecule is CCN(c1ccccc1)c1nc(COC)c(CN)s1. The van der Waals surface area contributed by atoms with Gasteiger partial charge in [0.2, 0.25) is 0 Å². The first-order chi connectivity index (χ1) is 9.30. The Morgan fingerprint density at radius 3 is 2.63 bits per heavy atom. The number of ether oxygens (including phenoxy) is 1. The average Bonchev–Trinajstić information content (AvgIpc) is 2.84. The molecule has 0 fully saturated rings. The third-order valence-electron chi connectivity index (χ3n) is 2.85. The van der Waals surface area contributed by atoms with Gasteiger partial charge >= 0.3 is 0 Å². The highest BCUT2D eigenvalue weighted by molar-refractivity contribution is 7.15. The molecule has 1 aromatic heterocycles. The van der Waals surface area contributed by atoms with Crippen molar-refractivity contribution in [1.82, 2.24) is 4.98 Å². The van der Waals surface area contributed by atoms with Crippen LogP contribution in [-0.2, 0) is 17.9 Å². The largest absolute Gasteiger partial charge is 0.378 e. The van der Waals surface area contributed by atoms with Gasteiger partial charge in [0.15, 0.2) is 5.13 Å². The molecule has 2 rings (SSSR count). The van der Waals surface area contributed by atoms with Crippen LogP contribution in [0, 0.1) is 0 Å². The van der Waals surface area contributed by atoms with Gasteiger partial charge in [-0.1, -0.05) is 29.5 Å². The van der Waals surface area contributed by atoms with Crippen LogP contribution in [0.15, 0.2) is 30.3 Å². The summed E-state index contributed by atoms with van der Waals surface area (Å²) >= 11 is 1.64. The number of hydrogen-bond donors (Lipinski definition) is 1. The number of thiazole rings is 1. The average molecular weight is 277 g/mol. The van der Waals surface area contributed by atoms with E-state index in [9.17, 15) is 0 Å². The van der Waals surface area contributed by atoms with Crippen molar-refractivity contribution in [2.24, 2.45) is 5.73 Å². The zero-order chi connectivity index (χ0) is 13.7. The molecule has 0 bridgehead atoms. The molecule has 0 saturated heterocycles. The molecule has 0 atom stereocenters. The standard InChI is InChI=1S/C14H19N3OS/c1-3-17(11-7-5-4-6-8-11)14-16-12(10-18-2)13(9-15)19-14/h4-8H,3,9-10,15H2,1-2H3. The molecule has 4 nitrogen and oxygen atoms in total. The molecule has 102 valence electrons. The van der Waals surface area contributed by atoms with Crippen LogP contribution in [0.3, 0.4) is 0 Å². The highest BCUT2D eigenvalue weighted by Gasteiger charge is 2.15. The van der Waals surface area contributed by atoms with E-state index in [2.05, 4.69) is 28.9 Å². The summed E-state index contributed by atoms with van der Waals surface area (Å²) in [6.45, 7) is 4.00. The highest BCUT2D eigenvalue weighted by Crippen LogP contribution is 2.31. The lowest BCUT2D eigenvalue weighted by Gasteiger charge is -2.19. The van der Waals surface area contributed by atoms with Gasteiger partial charge in [0.1, 0.15) is 0 Å². The van der Waals surface area contributed by atoms with Gasteiger partial charge in [-0.3, -0.25) is 0 Å². The topological polar surface area (TPSA) is 51.4 Å². The quantitative estimate of drug-likeness (QED) is 0.882. The first-order valence-corrected chi connectivity index (χ1v) is 7.12. The Kier molecular flexibility index (Phi) is 4.90. The number of hydrogen-bond acceptors (Lipinski definition) is 5. The summed E-state index contributed by atoms with van der Waals surface area (Å²) in [6, 6.07) is 10.3. The van der Waals surface area contributed by atoms with Crippen molar-refractivity contribution in [1.29, 1.82) is 0 Å². The third-order valence-corrected chi connectivity index (χ3v) is 3.99. The summed E-state index contributed by atoms with van der Waals surface area (Å²) in [4.78, 5) is 7.93. The number of para-hydroxylation sites is 1. The van der Waals surface area contributed by atoms with Gasteiger partial charge in [-0.05, 0) is 19.1 Å². The fraction of sp³-hybridized carbons (Fsp3) is 0.357. The number of nitrogens with two attached hydrogens (primary N) is 1. The molecule has 0 unspecified atom stereocenters. The summed E-state index contributed by atoms with van der Waals surface area (Å²) in [7, 11) is 1.67. The van der Waals surface area contributed by atoms with E-state index in [0.717, 1.165) is 27.9 Å². The predicted octanol–water partition coefficient (Wildman–Crippen LogP) is 2.91. The summed E-state index contributed by atoms with van der Waals surface area (Å²) in [5.41, 5.74) is 7.86. The van der Waals surface area contributed by atoms with Crippen molar-refractivity contribution in [3.63, 3.8) is 0 Å². The molecule has 0 aliphatic heterocycles. The molecular formula is C14H19N3OS. The minimum atomic E-state index is 0.503. The Morgan fingerprint density at radius 2 is 2.05 bits per heavy atom. The van der Waals surface area contributed by atoms with Crippen molar-refractivity contribution >= 4 is 22.2 Å². The molecule has 19 heavy (non-hydrogen) atoms. The molecule has 0 saturated carbocycles. The zero-order valence-electron chi connectivity index (χ0n) is 11.3. The maximum atomic E-state index is 5.77. The van der Waals surface area contributed by atoms with Crippen molar-refractivity contribution in [3.8, 4) is 0 Å². The van der Waals surface area contributed by atoms with Crippen LogP contribution in [0.1, 0.15) is 17.5 Å². The molecule has 1 aromatic carbocycles. The monoisotopic (exact) mass is 277 g/mol. The van der Waals surface area contributed by atoms with E-state index < -0.39 is 0 Å². The molecular weight excluding hydrogens is 258 g/mol. The molecule has 0 amide bonds. The molecule has 0 spiro atoms. The Hall–Kier alpha value is -1.43. The molecule has 2 aromatic rings. The second-order valence-electron chi connectivity index (χ2n) is 4.08. The highest BCUT2D eigenvalue weighted by atomic mass is 32.1. The zero-order valence-corrected chi connectivity index (χ0v) is 12.1. The summed E-state index contributed by atoms with van der Waals surface area (Å²) < 4.78 is 5.17. The molecule has 0 radical (unpaired) electrons. The smallest absolute Gasteiger partial charge is 0.190 e. The van der Waals surface area contributed by atoms with Crippen LogP contribution in [0.25, 0.3) is 0 Å². The van der Waals surface area contributed by atoms with Gasteiger partial charge < -0.3 is 15.4 Å². The number of rotatable bonds is 6. The predicted molar refractivity (Wildman–Crippen MR) is 79.8 cm³/mol. The number of aromatic nitrogens is 1. The normalized spacial score (nSPS) is 10.7. The van der Waals surface area contributed by atoms with E-state index in [-0.39, 0.29) is 0 Å². The van der Waals surface area contributed by atoms with Crippen molar-refractivity contribution in [3.05, 3.63) is 40.9 Å². The van der Waals surface area contributed by atoms with Gasteiger partial charge in [0, 0.05) is 30.8 Å². The Labute approximate surface area is 117 Å². The Morgan fingerprint density at radius 1 is 1.32 bits per heavy atom. The van der Waals surface area contributed by atoms with Crippen molar-refractivity contribution in [2.75, 3.05) is 18.6 Å². The van der Waals surface area contributed by atoms with Gasteiger partial charge in [0.05, 0.1) is 12.3 Å². The van der Waals surface area contributed by atoms with E-state index >= 15 is 0 Å². The van der Waals surface area contributed by atoms with Gasteiger partial charge in [-0.15, -0.1) is 0 Å². The van der Waals surface area contributed by atoms with Crippen LogP contribution in [0.2, 0.25) is 0 Å². The summed E-state index contributed by atoms with van der Waals surface area (Å²) in [5.74, 6) is 0. The molecule has 2 N–H and O–H groups in total. The van der Waals surface area contributed by atoms with E-state index in [1.807, 2.05) is 18.2 Å². The minimum absolute atomic E-state index is 0.503. The summed E-state index contributed by atoms with van der Waals surface area (Å²) in [5, 5.41) is 0.973. The first-order valence-electron chi connectivity index (χ1n) is 6.30. The number of nitrogens with zero attached hydrogens (tertiary/aromatic N) is 2.